The zero-order valence-electron chi connectivity index (χ0n) is 17.7. The zero-order chi connectivity index (χ0) is 21.7. The number of halogens is 1. The fourth-order valence-corrected chi connectivity index (χ4v) is 5.65. The first-order valence-electron chi connectivity index (χ1n) is 10.3. The predicted octanol–water partition coefficient (Wildman–Crippen LogP) is 4.83. The highest BCUT2D eigenvalue weighted by Gasteiger charge is 2.68. The molecule has 1 saturated heterocycles. The summed E-state index contributed by atoms with van der Waals surface area (Å²) in [6.45, 7) is 10.2. The monoisotopic (exact) mass is 446 g/mol. The fourth-order valence-electron chi connectivity index (χ4n) is 4.57. The molecule has 1 aliphatic carbocycles. The second-order valence-corrected chi connectivity index (χ2v) is 10.6. The molecule has 2 fully saturated rings. The van der Waals surface area contributed by atoms with Gasteiger partial charge in [0.2, 0.25) is 5.91 Å². The number of nitrogens with one attached hydrogen (secondary N) is 1. The molecule has 2 aromatic rings. The van der Waals surface area contributed by atoms with E-state index in [9.17, 15) is 9.59 Å². The van der Waals surface area contributed by atoms with Gasteiger partial charge in [-0.2, -0.15) is 0 Å². The van der Waals surface area contributed by atoms with Crippen LogP contribution in [0.5, 0.6) is 0 Å². The lowest BCUT2D eigenvalue weighted by atomic mass is 9.96. The number of piperidine rings is 1. The second kappa shape index (κ2) is 7.61. The lowest BCUT2D eigenvalue weighted by Crippen LogP contribution is -2.39. The molecule has 4 rings (SSSR count). The molecule has 0 bridgehead atoms. The van der Waals surface area contributed by atoms with E-state index in [0.717, 1.165) is 30.9 Å². The number of thiazole rings is 1. The van der Waals surface area contributed by atoms with Crippen LogP contribution in [0.4, 0.5) is 5.69 Å². The van der Waals surface area contributed by atoms with E-state index >= 15 is 0 Å². The van der Waals surface area contributed by atoms with Crippen LogP contribution in [0.1, 0.15) is 62.0 Å². The van der Waals surface area contributed by atoms with Crippen molar-refractivity contribution in [2.75, 3.05) is 18.4 Å². The van der Waals surface area contributed by atoms with E-state index in [-0.39, 0.29) is 28.6 Å². The smallest absolute Gasteiger partial charge is 0.275 e. The molecule has 8 heteroatoms. The summed E-state index contributed by atoms with van der Waals surface area (Å²) in [6.07, 6.45) is 3.28. The third-order valence-corrected chi connectivity index (χ3v) is 8.39. The summed E-state index contributed by atoms with van der Waals surface area (Å²) >= 11 is 7.29. The van der Waals surface area contributed by atoms with Gasteiger partial charge in [-0.25, -0.2) is 9.97 Å². The van der Waals surface area contributed by atoms with Gasteiger partial charge in [-0.05, 0) is 35.8 Å². The number of hydrogen-bond donors (Lipinski definition) is 1. The van der Waals surface area contributed by atoms with Gasteiger partial charge in [0.05, 0.1) is 16.9 Å². The summed E-state index contributed by atoms with van der Waals surface area (Å²) in [5, 5.41) is 5.93. The molecule has 30 heavy (non-hydrogen) atoms. The first-order valence-corrected chi connectivity index (χ1v) is 11.5. The molecule has 2 amide bonds. The number of carbonyl (C=O) groups excluding carboxylic acids is 2. The highest BCUT2D eigenvalue weighted by Crippen LogP contribution is 2.68. The van der Waals surface area contributed by atoms with Crippen molar-refractivity contribution in [2.24, 2.45) is 16.7 Å². The van der Waals surface area contributed by atoms with Crippen molar-refractivity contribution in [3.05, 3.63) is 39.6 Å². The number of nitrogens with zero attached hydrogens (tertiary/aromatic N) is 3. The highest BCUT2D eigenvalue weighted by atomic mass is 35.5. The molecule has 0 unspecified atom stereocenters. The normalized spacial score (nSPS) is 20.8. The van der Waals surface area contributed by atoms with Crippen molar-refractivity contribution in [3.8, 4) is 0 Å². The predicted molar refractivity (Wildman–Crippen MR) is 119 cm³/mol. The van der Waals surface area contributed by atoms with E-state index < -0.39 is 0 Å². The van der Waals surface area contributed by atoms with Crippen molar-refractivity contribution >= 4 is 40.4 Å². The van der Waals surface area contributed by atoms with Crippen LogP contribution in [0.25, 0.3) is 0 Å². The van der Waals surface area contributed by atoms with Crippen LogP contribution in [-0.4, -0.2) is 39.8 Å². The van der Waals surface area contributed by atoms with Gasteiger partial charge in [-0.3, -0.25) is 9.59 Å². The van der Waals surface area contributed by atoms with Crippen LogP contribution >= 0.6 is 22.9 Å². The SMILES string of the molecule is CC1(C)C(C(=O)N2CCC(c3nc(C(=O)Nc4ccc(Cl)nc4)cs3)CC2)C1(C)C. The van der Waals surface area contributed by atoms with Gasteiger partial charge in [-0.15, -0.1) is 11.3 Å². The first-order chi connectivity index (χ1) is 14.1. The molecule has 1 saturated carbocycles. The van der Waals surface area contributed by atoms with Crippen molar-refractivity contribution in [2.45, 2.75) is 46.5 Å². The number of likely N-dealkylation sites (tertiary alicyclic amines) is 1. The van der Waals surface area contributed by atoms with Gasteiger partial charge in [-0.1, -0.05) is 39.3 Å². The van der Waals surface area contributed by atoms with Crippen molar-refractivity contribution in [1.29, 1.82) is 0 Å². The van der Waals surface area contributed by atoms with Gasteiger partial charge in [0.25, 0.3) is 5.91 Å². The number of pyridine rings is 1. The van der Waals surface area contributed by atoms with Gasteiger partial charge < -0.3 is 10.2 Å². The Hall–Kier alpha value is -1.99. The van der Waals surface area contributed by atoms with Crippen LogP contribution in [0, 0.1) is 16.7 Å². The summed E-state index contributed by atoms with van der Waals surface area (Å²) in [5.41, 5.74) is 1.12. The number of anilines is 1. The Morgan fingerprint density at radius 1 is 1.17 bits per heavy atom. The van der Waals surface area contributed by atoms with Crippen LogP contribution in [0.15, 0.2) is 23.7 Å². The Morgan fingerprint density at radius 2 is 1.83 bits per heavy atom. The van der Waals surface area contributed by atoms with Gasteiger partial charge in [0.1, 0.15) is 10.8 Å². The second-order valence-electron chi connectivity index (χ2n) is 9.37. The van der Waals surface area contributed by atoms with E-state index in [4.69, 9.17) is 11.6 Å². The van der Waals surface area contributed by atoms with Crippen LogP contribution in [-0.2, 0) is 4.79 Å². The Bertz CT molecular complexity index is 948. The molecule has 6 nitrogen and oxygen atoms in total. The lowest BCUT2D eigenvalue weighted by molar-refractivity contribution is -0.134. The van der Waals surface area contributed by atoms with Crippen molar-refractivity contribution < 1.29 is 9.59 Å². The molecule has 0 radical (unpaired) electrons. The minimum atomic E-state index is -0.257. The Balaban J connectivity index is 1.34. The maximum Gasteiger partial charge on any atom is 0.275 e. The standard InChI is InChI=1S/C22H27ClN4O2S/c1-21(2)17(22(21,3)4)20(29)27-9-7-13(8-10-27)19-26-15(12-30-19)18(28)25-14-5-6-16(23)24-11-14/h5-6,11-13,17H,7-10H2,1-4H3,(H,25,28). The Kier molecular flexibility index (Phi) is 5.39. The first kappa shape index (κ1) is 21.2. The van der Waals surface area contributed by atoms with Crippen LogP contribution in [0.3, 0.4) is 0 Å². The average Bonchev–Trinajstić information content (AvgIpc) is 3.06. The third kappa shape index (κ3) is 3.73. The molecular weight excluding hydrogens is 420 g/mol. The number of rotatable bonds is 4. The van der Waals surface area contributed by atoms with Crippen molar-refractivity contribution in [3.63, 3.8) is 0 Å². The summed E-state index contributed by atoms with van der Waals surface area (Å²) in [4.78, 5) is 36.0. The van der Waals surface area contributed by atoms with Crippen LogP contribution in [0.2, 0.25) is 5.15 Å². The number of amides is 2. The third-order valence-electron chi connectivity index (χ3n) is 7.16. The summed E-state index contributed by atoms with van der Waals surface area (Å²) in [5.74, 6) is 0.434. The molecule has 0 atom stereocenters. The molecule has 160 valence electrons. The van der Waals surface area contributed by atoms with E-state index in [1.807, 2.05) is 4.90 Å². The molecule has 3 heterocycles. The molecule has 1 aliphatic heterocycles. The fraction of sp³-hybridized carbons (Fsp3) is 0.545. The Labute approximate surface area is 186 Å². The number of hydrogen-bond acceptors (Lipinski definition) is 5. The van der Waals surface area contributed by atoms with Gasteiger partial charge in [0, 0.05) is 30.3 Å². The summed E-state index contributed by atoms with van der Waals surface area (Å²) in [7, 11) is 0. The number of aromatic nitrogens is 2. The lowest BCUT2D eigenvalue weighted by Gasteiger charge is -2.31. The topological polar surface area (TPSA) is 75.2 Å². The van der Waals surface area contributed by atoms with E-state index in [1.165, 1.54) is 17.5 Å². The largest absolute Gasteiger partial charge is 0.342 e. The molecular formula is C22H27ClN4O2S. The summed E-state index contributed by atoms with van der Waals surface area (Å²) in [6, 6.07) is 3.33. The van der Waals surface area contributed by atoms with Gasteiger partial charge >= 0.3 is 0 Å². The maximum absolute atomic E-state index is 13.0. The van der Waals surface area contributed by atoms with Crippen LogP contribution < -0.4 is 5.32 Å². The van der Waals surface area contributed by atoms with E-state index in [1.54, 1.807) is 17.5 Å². The van der Waals surface area contributed by atoms with E-state index in [0.29, 0.717) is 22.4 Å². The maximum atomic E-state index is 13.0. The minimum absolute atomic E-state index is 0.0676. The minimum Gasteiger partial charge on any atom is -0.342 e. The highest BCUT2D eigenvalue weighted by molar-refractivity contribution is 7.10. The molecule has 2 aromatic heterocycles. The summed E-state index contributed by atoms with van der Waals surface area (Å²) < 4.78 is 0. The quantitative estimate of drug-likeness (QED) is 0.682. The van der Waals surface area contributed by atoms with Crippen molar-refractivity contribution in [1.82, 2.24) is 14.9 Å². The molecule has 0 spiro atoms. The van der Waals surface area contributed by atoms with Gasteiger partial charge in [0.15, 0.2) is 0 Å². The Morgan fingerprint density at radius 3 is 2.40 bits per heavy atom. The molecule has 0 aromatic carbocycles. The molecule has 2 aliphatic rings. The average molecular weight is 447 g/mol. The zero-order valence-corrected chi connectivity index (χ0v) is 19.3. The van der Waals surface area contributed by atoms with E-state index in [2.05, 4.69) is 43.0 Å². The molecule has 1 N–H and O–H groups in total. The number of carbonyl (C=O) groups is 2.